The highest BCUT2D eigenvalue weighted by Crippen LogP contribution is 2.23. The minimum atomic E-state index is -1.05. The van der Waals surface area contributed by atoms with Gasteiger partial charge < -0.3 is 9.84 Å². The fourth-order valence-electron chi connectivity index (χ4n) is 1.73. The quantitative estimate of drug-likeness (QED) is 0.834. The van der Waals surface area contributed by atoms with E-state index in [0.717, 1.165) is 0 Å². The lowest BCUT2D eigenvalue weighted by Gasteiger charge is -2.21. The average Bonchev–Trinajstić information content (AvgIpc) is 2.66. The highest BCUT2D eigenvalue weighted by Gasteiger charge is 2.35. The second-order valence-corrected chi connectivity index (χ2v) is 3.46. The van der Waals surface area contributed by atoms with E-state index in [9.17, 15) is 9.59 Å². The number of carbonyl (C=O) groups excluding carboxylic acids is 1. The van der Waals surface area contributed by atoms with Crippen LogP contribution in [0.2, 0.25) is 0 Å². The zero-order valence-electron chi connectivity index (χ0n) is 8.50. The van der Waals surface area contributed by atoms with Gasteiger partial charge in [-0.15, -0.1) is 0 Å². The van der Waals surface area contributed by atoms with Crippen LogP contribution in [-0.2, 0) is 9.53 Å². The lowest BCUT2D eigenvalue weighted by molar-refractivity contribution is -0.142. The fraction of sp³-hybridized carbons (Fsp3) is 0.273. The molecule has 5 heteroatoms. The number of hydrogen-bond acceptors (Lipinski definition) is 3. The highest BCUT2D eigenvalue weighted by molar-refractivity contribution is 5.82. The summed E-state index contributed by atoms with van der Waals surface area (Å²) in [6.45, 7) is 0.556. The Hall–Kier alpha value is -2.04. The molecule has 1 fully saturated rings. The van der Waals surface area contributed by atoms with E-state index in [2.05, 4.69) is 0 Å². The lowest BCUT2D eigenvalue weighted by atomic mass is 10.1. The summed E-state index contributed by atoms with van der Waals surface area (Å²) in [6, 6.07) is 7.69. The first-order chi connectivity index (χ1) is 7.70. The van der Waals surface area contributed by atoms with Crippen LogP contribution in [0.25, 0.3) is 0 Å². The summed E-state index contributed by atoms with van der Waals surface area (Å²) < 4.78 is 4.74. The summed E-state index contributed by atoms with van der Waals surface area (Å²) in [5.41, 5.74) is 0.578. The monoisotopic (exact) mass is 221 g/mol. The first-order valence-electron chi connectivity index (χ1n) is 4.91. The van der Waals surface area contributed by atoms with Gasteiger partial charge in [-0.25, -0.2) is 9.59 Å². The molecule has 0 spiro atoms. The highest BCUT2D eigenvalue weighted by atomic mass is 16.6. The molecule has 0 aromatic heterocycles. The largest absolute Gasteiger partial charge is 0.479 e. The predicted molar refractivity (Wildman–Crippen MR) is 54.9 cm³/mol. The van der Waals surface area contributed by atoms with E-state index >= 15 is 0 Å². The molecule has 1 aliphatic heterocycles. The Morgan fingerprint density at radius 1 is 1.38 bits per heavy atom. The number of rotatable bonds is 3. The molecule has 5 nitrogen and oxygen atoms in total. The summed E-state index contributed by atoms with van der Waals surface area (Å²) in [7, 11) is 0. The molecule has 1 aliphatic rings. The summed E-state index contributed by atoms with van der Waals surface area (Å²) >= 11 is 0. The molecule has 1 aromatic carbocycles. The summed E-state index contributed by atoms with van der Waals surface area (Å²) in [5.74, 6) is -1.05. The van der Waals surface area contributed by atoms with Gasteiger partial charge in [-0.3, -0.25) is 4.90 Å². The van der Waals surface area contributed by atoms with Crippen molar-refractivity contribution in [1.29, 1.82) is 0 Å². The SMILES string of the molecule is O=C(O)[C@H](c1ccccc1)N1CCOC1=O. The van der Waals surface area contributed by atoms with Crippen LogP contribution in [0, 0.1) is 0 Å². The van der Waals surface area contributed by atoms with Gasteiger partial charge in [0.25, 0.3) is 0 Å². The van der Waals surface area contributed by atoms with Crippen LogP contribution in [-0.4, -0.2) is 35.2 Å². The van der Waals surface area contributed by atoms with Gasteiger partial charge in [0.1, 0.15) is 6.61 Å². The van der Waals surface area contributed by atoms with E-state index in [1.807, 2.05) is 0 Å². The van der Waals surface area contributed by atoms with Crippen molar-refractivity contribution in [2.24, 2.45) is 0 Å². The Balaban J connectivity index is 2.31. The molecule has 1 aromatic rings. The van der Waals surface area contributed by atoms with Crippen molar-refractivity contribution in [2.45, 2.75) is 6.04 Å². The first kappa shape index (κ1) is 10.5. The normalized spacial score (nSPS) is 17.0. The Bertz CT molecular complexity index is 404. The molecule has 0 aliphatic carbocycles. The Kier molecular flexibility index (Phi) is 2.76. The number of aliphatic carboxylic acids is 1. The second kappa shape index (κ2) is 4.22. The molecule has 1 heterocycles. The smallest absolute Gasteiger partial charge is 0.410 e. The minimum Gasteiger partial charge on any atom is -0.479 e. The van der Waals surface area contributed by atoms with Crippen LogP contribution in [0.1, 0.15) is 11.6 Å². The molecule has 0 bridgehead atoms. The third-order valence-corrected chi connectivity index (χ3v) is 2.45. The van der Waals surface area contributed by atoms with Gasteiger partial charge in [0.15, 0.2) is 6.04 Å². The van der Waals surface area contributed by atoms with Gasteiger partial charge in [-0.05, 0) is 5.56 Å². The van der Waals surface area contributed by atoms with E-state index in [4.69, 9.17) is 9.84 Å². The maximum atomic E-state index is 11.3. The van der Waals surface area contributed by atoms with Gasteiger partial charge in [0.2, 0.25) is 0 Å². The summed E-state index contributed by atoms with van der Waals surface area (Å²) in [4.78, 5) is 23.7. The number of cyclic esters (lactones) is 1. The number of benzene rings is 1. The molecular weight excluding hydrogens is 210 g/mol. The third kappa shape index (κ3) is 1.84. The van der Waals surface area contributed by atoms with Gasteiger partial charge in [0.05, 0.1) is 6.54 Å². The van der Waals surface area contributed by atoms with Crippen LogP contribution < -0.4 is 0 Å². The molecular formula is C11H11NO4. The first-order valence-corrected chi connectivity index (χ1v) is 4.91. The molecule has 84 valence electrons. The molecule has 1 saturated heterocycles. The van der Waals surface area contributed by atoms with Gasteiger partial charge in [-0.1, -0.05) is 30.3 Å². The minimum absolute atomic E-state index is 0.245. The Morgan fingerprint density at radius 2 is 2.06 bits per heavy atom. The Labute approximate surface area is 92.2 Å². The van der Waals surface area contributed by atoms with Crippen molar-refractivity contribution in [3.8, 4) is 0 Å². The van der Waals surface area contributed by atoms with E-state index in [1.54, 1.807) is 30.3 Å². The van der Waals surface area contributed by atoms with E-state index < -0.39 is 18.1 Å². The molecule has 0 saturated carbocycles. The molecule has 0 unspecified atom stereocenters. The van der Waals surface area contributed by atoms with Crippen molar-refractivity contribution in [3.63, 3.8) is 0 Å². The number of amides is 1. The van der Waals surface area contributed by atoms with Crippen molar-refractivity contribution in [2.75, 3.05) is 13.2 Å². The molecule has 0 radical (unpaired) electrons. The van der Waals surface area contributed by atoms with Gasteiger partial charge in [-0.2, -0.15) is 0 Å². The maximum Gasteiger partial charge on any atom is 0.410 e. The number of carboxylic acid groups (broad SMARTS) is 1. The van der Waals surface area contributed by atoms with E-state index in [0.29, 0.717) is 12.1 Å². The zero-order chi connectivity index (χ0) is 11.5. The zero-order valence-corrected chi connectivity index (χ0v) is 8.50. The average molecular weight is 221 g/mol. The van der Waals surface area contributed by atoms with Gasteiger partial charge in [0, 0.05) is 0 Å². The topological polar surface area (TPSA) is 66.8 Å². The third-order valence-electron chi connectivity index (χ3n) is 2.45. The number of carbonyl (C=O) groups is 2. The van der Waals surface area contributed by atoms with Crippen LogP contribution in [0.3, 0.4) is 0 Å². The van der Waals surface area contributed by atoms with Crippen LogP contribution in [0.4, 0.5) is 4.79 Å². The number of ether oxygens (including phenoxy) is 1. The van der Waals surface area contributed by atoms with Crippen molar-refractivity contribution < 1.29 is 19.4 Å². The van der Waals surface area contributed by atoms with Crippen molar-refractivity contribution in [1.82, 2.24) is 4.90 Å². The second-order valence-electron chi connectivity index (χ2n) is 3.46. The standard InChI is InChI=1S/C11H11NO4/c13-10(14)9(8-4-2-1-3-5-8)12-6-7-16-11(12)15/h1-5,9H,6-7H2,(H,13,14)/t9-/m0/s1. The predicted octanol–water partition coefficient (Wildman–Crippen LogP) is 1.26. The van der Waals surface area contributed by atoms with Crippen molar-refractivity contribution >= 4 is 12.1 Å². The lowest BCUT2D eigenvalue weighted by Crippen LogP contribution is -2.34. The van der Waals surface area contributed by atoms with Crippen molar-refractivity contribution in [3.05, 3.63) is 35.9 Å². The number of hydrogen-bond donors (Lipinski definition) is 1. The van der Waals surface area contributed by atoms with Crippen LogP contribution in [0.15, 0.2) is 30.3 Å². The number of carboxylic acids is 1. The van der Waals surface area contributed by atoms with Crippen LogP contribution in [0.5, 0.6) is 0 Å². The molecule has 16 heavy (non-hydrogen) atoms. The fourth-order valence-corrected chi connectivity index (χ4v) is 1.73. The van der Waals surface area contributed by atoms with E-state index in [1.165, 1.54) is 4.90 Å². The molecule has 2 rings (SSSR count). The molecule has 1 atom stereocenters. The maximum absolute atomic E-state index is 11.3. The molecule has 1 amide bonds. The van der Waals surface area contributed by atoms with Gasteiger partial charge >= 0.3 is 12.1 Å². The van der Waals surface area contributed by atoms with Crippen LogP contribution >= 0.6 is 0 Å². The number of nitrogens with zero attached hydrogens (tertiary/aromatic N) is 1. The van der Waals surface area contributed by atoms with E-state index in [-0.39, 0.29) is 6.61 Å². The summed E-state index contributed by atoms with van der Waals surface area (Å²) in [5, 5.41) is 9.16. The molecule has 1 N–H and O–H groups in total. The summed E-state index contributed by atoms with van der Waals surface area (Å²) in [6.07, 6.45) is -0.573. The Morgan fingerprint density at radius 3 is 2.56 bits per heavy atom.